The number of ether oxygens (including phenoxy) is 1. The van der Waals surface area contributed by atoms with Crippen molar-refractivity contribution in [1.82, 2.24) is 15.5 Å². The number of hydrogen-bond acceptors (Lipinski definition) is 3. The number of fused-ring (bicyclic) bond motifs is 1. The minimum atomic E-state index is 0.225. The molecule has 0 aromatic heterocycles. The molecule has 0 spiro atoms. The maximum Gasteiger partial charge on any atom is 0.222 e. The number of nitrogens with zero attached hydrogens (tertiary/aromatic N) is 2. The van der Waals surface area contributed by atoms with Gasteiger partial charge in [-0.1, -0.05) is 36.4 Å². The molecule has 0 saturated heterocycles. The van der Waals surface area contributed by atoms with E-state index in [1.54, 1.807) is 14.2 Å². The van der Waals surface area contributed by atoms with Gasteiger partial charge in [-0.25, -0.2) is 0 Å². The van der Waals surface area contributed by atoms with Gasteiger partial charge in [0.2, 0.25) is 5.91 Å². The van der Waals surface area contributed by atoms with Crippen LogP contribution in [0.5, 0.6) is 5.75 Å². The summed E-state index contributed by atoms with van der Waals surface area (Å²) in [5, 5.41) is 6.57. The number of benzene rings is 2. The highest BCUT2D eigenvalue weighted by Crippen LogP contribution is 2.19. The first-order chi connectivity index (χ1) is 14.2. The minimum Gasteiger partial charge on any atom is -0.497 e. The van der Waals surface area contributed by atoms with E-state index in [4.69, 9.17) is 4.74 Å². The number of guanidine groups is 1. The fourth-order valence-electron chi connectivity index (χ4n) is 3.46. The molecule has 0 fully saturated rings. The summed E-state index contributed by atoms with van der Waals surface area (Å²) >= 11 is 0. The van der Waals surface area contributed by atoms with E-state index >= 15 is 0 Å². The number of carbonyl (C=O) groups is 1. The average molecular weight is 395 g/mol. The summed E-state index contributed by atoms with van der Waals surface area (Å²) < 4.78 is 5.17. The number of hydrogen-bond donors (Lipinski definition) is 2. The lowest BCUT2D eigenvalue weighted by Crippen LogP contribution is -2.38. The van der Waals surface area contributed by atoms with E-state index in [1.165, 1.54) is 11.1 Å². The fourth-order valence-corrected chi connectivity index (χ4v) is 3.46. The summed E-state index contributed by atoms with van der Waals surface area (Å²) in [7, 11) is 3.41. The van der Waals surface area contributed by atoms with Crippen molar-refractivity contribution in [2.45, 2.75) is 32.4 Å². The highest BCUT2D eigenvalue weighted by Gasteiger charge is 2.19. The molecule has 29 heavy (non-hydrogen) atoms. The van der Waals surface area contributed by atoms with E-state index in [0.29, 0.717) is 19.5 Å². The molecule has 0 saturated carbocycles. The average Bonchev–Trinajstić information content (AvgIpc) is 2.78. The highest BCUT2D eigenvalue weighted by molar-refractivity contribution is 5.80. The van der Waals surface area contributed by atoms with Crippen LogP contribution in [0, 0.1) is 0 Å². The third-order valence-corrected chi connectivity index (χ3v) is 5.19. The Bertz CT molecular complexity index is 833. The number of carbonyl (C=O) groups excluding carboxylic acids is 1. The quantitative estimate of drug-likeness (QED) is 0.431. The first-order valence-electron chi connectivity index (χ1n) is 10.1. The van der Waals surface area contributed by atoms with Gasteiger partial charge in [0.1, 0.15) is 5.75 Å². The molecule has 0 bridgehead atoms. The number of aliphatic imine (C=N–C) groups is 1. The lowest BCUT2D eigenvalue weighted by atomic mass is 9.99. The van der Waals surface area contributed by atoms with Gasteiger partial charge < -0.3 is 20.3 Å². The zero-order valence-electron chi connectivity index (χ0n) is 17.3. The minimum absolute atomic E-state index is 0.225. The standard InChI is InChI=1S/C23H30N4O2/c1-24-23(26-16-18-9-11-21(29-2)12-10-18)25-14-5-8-22(28)27-15-13-19-6-3-4-7-20(19)17-27/h3-4,6-7,9-12H,5,8,13-17H2,1-2H3,(H2,24,25,26). The van der Waals surface area contributed by atoms with Crippen molar-refractivity contribution in [2.75, 3.05) is 27.2 Å². The van der Waals surface area contributed by atoms with Crippen LogP contribution in [-0.2, 0) is 24.3 Å². The van der Waals surface area contributed by atoms with Crippen LogP contribution in [0.25, 0.3) is 0 Å². The second-order valence-electron chi connectivity index (χ2n) is 7.14. The van der Waals surface area contributed by atoms with E-state index in [2.05, 4.69) is 33.8 Å². The third kappa shape index (κ3) is 5.98. The maximum atomic E-state index is 12.5. The molecule has 0 radical (unpaired) electrons. The van der Waals surface area contributed by atoms with Crippen molar-refractivity contribution in [3.8, 4) is 5.75 Å². The van der Waals surface area contributed by atoms with Crippen LogP contribution in [0.4, 0.5) is 0 Å². The van der Waals surface area contributed by atoms with Gasteiger partial charge in [0, 0.05) is 39.6 Å². The second kappa shape index (κ2) is 10.5. The van der Waals surface area contributed by atoms with Crippen LogP contribution in [-0.4, -0.2) is 44.0 Å². The molecule has 0 unspecified atom stereocenters. The van der Waals surface area contributed by atoms with Gasteiger partial charge >= 0.3 is 0 Å². The normalized spacial score (nSPS) is 13.6. The van der Waals surface area contributed by atoms with Crippen molar-refractivity contribution in [2.24, 2.45) is 4.99 Å². The summed E-state index contributed by atoms with van der Waals surface area (Å²) in [6.45, 7) is 2.93. The molecule has 6 heteroatoms. The van der Waals surface area contributed by atoms with Crippen molar-refractivity contribution in [1.29, 1.82) is 0 Å². The Hall–Kier alpha value is -3.02. The van der Waals surface area contributed by atoms with Gasteiger partial charge in [0.15, 0.2) is 5.96 Å². The Morgan fingerprint density at radius 3 is 2.59 bits per heavy atom. The van der Waals surface area contributed by atoms with E-state index in [1.807, 2.05) is 35.2 Å². The molecule has 0 atom stereocenters. The van der Waals surface area contributed by atoms with Gasteiger partial charge in [-0.2, -0.15) is 0 Å². The maximum absolute atomic E-state index is 12.5. The van der Waals surface area contributed by atoms with Crippen molar-refractivity contribution in [3.05, 3.63) is 65.2 Å². The fraction of sp³-hybridized carbons (Fsp3) is 0.391. The van der Waals surface area contributed by atoms with Crippen LogP contribution >= 0.6 is 0 Å². The summed E-state index contributed by atoms with van der Waals surface area (Å²) in [5.41, 5.74) is 3.78. The van der Waals surface area contributed by atoms with Gasteiger partial charge in [-0.15, -0.1) is 0 Å². The molecule has 1 aliphatic rings. The predicted molar refractivity (Wildman–Crippen MR) is 116 cm³/mol. The number of rotatable bonds is 7. The monoisotopic (exact) mass is 394 g/mol. The molecule has 2 aromatic carbocycles. The lowest BCUT2D eigenvalue weighted by molar-refractivity contribution is -0.132. The predicted octanol–water partition coefficient (Wildman–Crippen LogP) is 2.73. The lowest BCUT2D eigenvalue weighted by Gasteiger charge is -2.29. The molecule has 1 amide bonds. The number of methoxy groups -OCH3 is 1. The molecular formula is C23H30N4O2. The first-order valence-corrected chi connectivity index (χ1v) is 10.1. The Balaban J connectivity index is 1.36. The van der Waals surface area contributed by atoms with Crippen LogP contribution in [0.2, 0.25) is 0 Å². The van der Waals surface area contributed by atoms with Gasteiger partial charge in [0.25, 0.3) is 0 Å². The molecule has 3 rings (SSSR count). The smallest absolute Gasteiger partial charge is 0.222 e. The SMILES string of the molecule is CN=C(NCCCC(=O)N1CCc2ccccc2C1)NCc1ccc(OC)cc1. The van der Waals surface area contributed by atoms with E-state index < -0.39 is 0 Å². The Morgan fingerprint density at radius 2 is 1.86 bits per heavy atom. The van der Waals surface area contributed by atoms with E-state index in [-0.39, 0.29) is 5.91 Å². The van der Waals surface area contributed by atoms with Crippen LogP contribution < -0.4 is 15.4 Å². The van der Waals surface area contributed by atoms with Crippen LogP contribution in [0.15, 0.2) is 53.5 Å². The van der Waals surface area contributed by atoms with Crippen molar-refractivity contribution in [3.63, 3.8) is 0 Å². The molecule has 1 heterocycles. The zero-order chi connectivity index (χ0) is 20.5. The summed E-state index contributed by atoms with van der Waals surface area (Å²) in [6.07, 6.45) is 2.27. The van der Waals surface area contributed by atoms with Gasteiger partial charge in [-0.05, 0) is 41.7 Å². The molecule has 6 nitrogen and oxygen atoms in total. The molecule has 154 valence electrons. The molecule has 2 aromatic rings. The third-order valence-electron chi connectivity index (χ3n) is 5.19. The summed E-state index contributed by atoms with van der Waals surface area (Å²) in [5.74, 6) is 1.81. The van der Waals surface area contributed by atoms with Crippen LogP contribution in [0.3, 0.4) is 0 Å². The van der Waals surface area contributed by atoms with Crippen molar-refractivity contribution >= 4 is 11.9 Å². The Labute approximate surface area is 173 Å². The topological polar surface area (TPSA) is 66.0 Å². The molecule has 0 aliphatic carbocycles. The number of nitrogens with one attached hydrogen (secondary N) is 2. The highest BCUT2D eigenvalue weighted by atomic mass is 16.5. The van der Waals surface area contributed by atoms with E-state index in [9.17, 15) is 4.79 Å². The Morgan fingerprint density at radius 1 is 1.10 bits per heavy atom. The summed E-state index contributed by atoms with van der Waals surface area (Å²) in [4.78, 5) is 18.7. The molecule has 2 N–H and O–H groups in total. The largest absolute Gasteiger partial charge is 0.497 e. The number of amides is 1. The second-order valence-corrected chi connectivity index (χ2v) is 7.14. The molecular weight excluding hydrogens is 364 g/mol. The first kappa shape index (κ1) is 20.7. The van der Waals surface area contributed by atoms with Crippen LogP contribution in [0.1, 0.15) is 29.5 Å². The van der Waals surface area contributed by atoms with Gasteiger partial charge in [-0.3, -0.25) is 9.79 Å². The van der Waals surface area contributed by atoms with Gasteiger partial charge in [0.05, 0.1) is 7.11 Å². The molecule has 1 aliphatic heterocycles. The Kier molecular flexibility index (Phi) is 7.50. The van der Waals surface area contributed by atoms with E-state index in [0.717, 1.165) is 43.2 Å². The zero-order valence-corrected chi connectivity index (χ0v) is 17.3. The summed E-state index contributed by atoms with van der Waals surface area (Å²) in [6, 6.07) is 16.3. The van der Waals surface area contributed by atoms with Crippen molar-refractivity contribution < 1.29 is 9.53 Å².